The van der Waals surface area contributed by atoms with Gasteiger partial charge in [0.2, 0.25) is 0 Å². The third-order valence-electron chi connectivity index (χ3n) is 4.04. The summed E-state index contributed by atoms with van der Waals surface area (Å²) < 4.78 is 19.4. The van der Waals surface area contributed by atoms with E-state index in [9.17, 15) is 9.18 Å². The molecule has 8 heteroatoms. The highest BCUT2D eigenvalue weighted by Gasteiger charge is 2.23. The van der Waals surface area contributed by atoms with E-state index >= 15 is 0 Å². The lowest BCUT2D eigenvalue weighted by Crippen LogP contribution is -2.49. The minimum absolute atomic E-state index is 0.216. The Balaban J connectivity index is 1.93. The molecule has 25 heavy (non-hydrogen) atoms. The summed E-state index contributed by atoms with van der Waals surface area (Å²) in [5.41, 5.74) is 0.543. The molecule has 1 fully saturated rings. The van der Waals surface area contributed by atoms with Crippen molar-refractivity contribution in [2.45, 2.75) is 32.4 Å². The lowest BCUT2D eigenvalue weighted by Gasteiger charge is -2.32. The first-order valence-electron chi connectivity index (χ1n) is 8.35. The van der Waals surface area contributed by atoms with Crippen LogP contribution in [0.3, 0.4) is 0 Å². The zero-order valence-corrected chi connectivity index (χ0v) is 16.1. The van der Waals surface area contributed by atoms with Crippen molar-refractivity contribution < 1.29 is 13.9 Å². The van der Waals surface area contributed by atoms with E-state index < -0.39 is 0 Å². The van der Waals surface area contributed by atoms with E-state index in [1.54, 1.807) is 17.0 Å². The number of nitrogens with one attached hydrogen (secondary N) is 2. The van der Waals surface area contributed by atoms with Crippen LogP contribution in [-0.2, 0) is 11.3 Å². The second kappa shape index (κ2) is 9.60. The summed E-state index contributed by atoms with van der Waals surface area (Å²) in [5.74, 6) is 0.377. The molecule has 2 rings (SSSR count). The summed E-state index contributed by atoms with van der Waals surface area (Å²) in [5, 5.41) is 6.54. The molecule has 2 N–H and O–H groups in total. The maximum absolute atomic E-state index is 13.9. The molecule has 1 aliphatic rings. The van der Waals surface area contributed by atoms with Crippen molar-refractivity contribution in [2.75, 3.05) is 26.7 Å². The van der Waals surface area contributed by atoms with Gasteiger partial charge in [-0.2, -0.15) is 0 Å². The molecular formula is C17H24BrFN4O2. The minimum Gasteiger partial charge on any atom is -0.453 e. The number of likely N-dealkylation sites (tertiary alicyclic amines) is 1. The monoisotopic (exact) mass is 414 g/mol. The first-order valence-corrected chi connectivity index (χ1v) is 9.14. The van der Waals surface area contributed by atoms with Crippen LogP contribution in [0.4, 0.5) is 9.18 Å². The molecular weight excluding hydrogens is 391 g/mol. The molecule has 1 saturated heterocycles. The van der Waals surface area contributed by atoms with Crippen molar-refractivity contribution in [3.8, 4) is 0 Å². The van der Waals surface area contributed by atoms with Crippen molar-refractivity contribution in [1.29, 1.82) is 0 Å². The van der Waals surface area contributed by atoms with Crippen LogP contribution in [0.1, 0.15) is 25.3 Å². The van der Waals surface area contributed by atoms with Crippen molar-refractivity contribution in [2.24, 2.45) is 4.99 Å². The van der Waals surface area contributed by atoms with Gasteiger partial charge >= 0.3 is 6.09 Å². The number of ether oxygens (including phenoxy) is 1. The minimum atomic E-state index is -0.287. The van der Waals surface area contributed by atoms with E-state index in [-0.39, 0.29) is 24.5 Å². The van der Waals surface area contributed by atoms with Crippen LogP contribution in [0.15, 0.2) is 27.7 Å². The highest BCUT2D eigenvalue weighted by Crippen LogP contribution is 2.16. The Labute approximate surface area is 156 Å². The summed E-state index contributed by atoms with van der Waals surface area (Å²) >= 11 is 3.25. The van der Waals surface area contributed by atoms with Crippen LogP contribution in [-0.4, -0.2) is 49.7 Å². The largest absolute Gasteiger partial charge is 0.453 e. The quantitative estimate of drug-likeness (QED) is 0.587. The number of guanidine groups is 1. The van der Waals surface area contributed by atoms with Gasteiger partial charge in [0.1, 0.15) is 5.82 Å². The first kappa shape index (κ1) is 19.5. The van der Waals surface area contributed by atoms with Crippen LogP contribution >= 0.6 is 15.9 Å². The highest BCUT2D eigenvalue weighted by molar-refractivity contribution is 9.10. The number of halogens is 2. The maximum atomic E-state index is 13.9. The van der Waals surface area contributed by atoms with Crippen molar-refractivity contribution in [3.63, 3.8) is 0 Å². The molecule has 1 aromatic carbocycles. The highest BCUT2D eigenvalue weighted by atomic mass is 79.9. The third-order valence-corrected chi connectivity index (χ3v) is 4.53. The predicted molar refractivity (Wildman–Crippen MR) is 99.1 cm³/mol. The standard InChI is InChI=1S/C17H24BrFN4O2/c1-3-20-16(21-11-12-4-5-13(18)10-15(12)19)22-14-6-8-23(9-7-14)17(24)25-2/h4-5,10,14H,3,6-9,11H2,1-2H3,(H2,20,21,22). The van der Waals surface area contributed by atoms with E-state index in [2.05, 4.69) is 31.6 Å². The molecule has 0 radical (unpaired) electrons. The number of amides is 1. The smallest absolute Gasteiger partial charge is 0.409 e. The number of carbonyl (C=O) groups excluding carboxylic acids is 1. The van der Waals surface area contributed by atoms with Crippen LogP contribution in [0.5, 0.6) is 0 Å². The maximum Gasteiger partial charge on any atom is 0.409 e. The average Bonchev–Trinajstić information content (AvgIpc) is 2.61. The summed E-state index contributed by atoms with van der Waals surface area (Å²) in [7, 11) is 1.39. The van der Waals surface area contributed by atoms with Crippen LogP contribution in [0, 0.1) is 5.82 Å². The van der Waals surface area contributed by atoms with Gasteiger partial charge in [-0.1, -0.05) is 22.0 Å². The van der Waals surface area contributed by atoms with Gasteiger partial charge in [-0.3, -0.25) is 0 Å². The Morgan fingerprint density at radius 3 is 2.76 bits per heavy atom. The number of nitrogens with zero attached hydrogens (tertiary/aromatic N) is 2. The van der Waals surface area contributed by atoms with Gasteiger partial charge in [0, 0.05) is 35.7 Å². The molecule has 0 bridgehead atoms. The normalized spacial score (nSPS) is 15.8. The molecule has 1 amide bonds. The van der Waals surface area contributed by atoms with Gasteiger partial charge in [0.05, 0.1) is 13.7 Å². The molecule has 1 heterocycles. The lowest BCUT2D eigenvalue weighted by molar-refractivity contribution is 0.111. The zero-order valence-electron chi connectivity index (χ0n) is 14.5. The van der Waals surface area contributed by atoms with E-state index in [1.807, 2.05) is 6.92 Å². The molecule has 0 aliphatic carbocycles. The molecule has 138 valence electrons. The number of hydrogen-bond donors (Lipinski definition) is 2. The lowest BCUT2D eigenvalue weighted by atomic mass is 10.1. The van der Waals surface area contributed by atoms with E-state index in [0.29, 0.717) is 29.1 Å². The number of rotatable bonds is 4. The van der Waals surface area contributed by atoms with Gasteiger partial charge in [0.25, 0.3) is 0 Å². The van der Waals surface area contributed by atoms with Gasteiger partial charge in [-0.05, 0) is 31.9 Å². The van der Waals surface area contributed by atoms with Gasteiger partial charge in [-0.15, -0.1) is 0 Å². The average molecular weight is 415 g/mol. The third kappa shape index (κ3) is 5.88. The Morgan fingerprint density at radius 1 is 1.44 bits per heavy atom. The number of hydrogen-bond acceptors (Lipinski definition) is 3. The summed E-state index contributed by atoms with van der Waals surface area (Å²) in [4.78, 5) is 17.7. The van der Waals surface area contributed by atoms with E-state index in [0.717, 1.165) is 19.4 Å². The zero-order chi connectivity index (χ0) is 18.2. The molecule has 1 aromatic rings. The Kier molecular flexibility index (Phi) is 7.49. The van der Waals surface area contributed by atoms with Crippen LogP contribution in [0.25, 0.3) is 0 Å². The summed E-state index contributed by atoms with van der Waals surface area (Å²) in [6.07, 6.45) is 1.34. The van der Waals surface area contributed by atoms with Gasteiger partial charge < -0.3 is 20.3 Å². The Hall–Kier alpha value is -1.83. The molecule has 0 atom stereocenters. The number of aliphatic imine (C=N–C) groups is 1. The predicted octanol–water partition coefficient (Wildman–Crippen LogP) is 2.87. The fourth-order valence-corrected chi connectivity index (χ4v) is 3.00. The number of piperidine rings is 1. The fraction of sp³-hybridized carbons (Fsp3) is 0.529. The number of methoxy groups -OCH3 is 1. The second-order valence-corrected chi connectivity index (χ2v) is 6.72. The number of carbonyl (C=O) groups is 1. The van der Waals surface area contributed by atoms with E-state index in [1.165, 1.54) is 13.2 Å². The van der Waals surface area contributed by atoms with Gasteiger partial charge in [-0.25, -0.2) is 14.2 Å². The second-order valence-electron chi connectivity index (χ2n) is 5.81. The topological polar surface area (TPSA) is 66.0 Å². The molecule has 0 saturated carbocycles. The molecule has 0 spiro atoms. The first-order chi connectivity index (χ1) is 12.0. The molecule has 0 unspecified atom stereocenters. The van der Waals surface area contributed by atoms with Gasteiger partial charge in [0.15, 0.2) is 5.96 Å². The van der Waals surface area contributed by atoms with Crippen molar-refractivity contribution in [3.05, 3.63) is 34.1 Å². The molecule has 0 aromatic heterocycles. The molecule has 6 nitrogen and oxygen atoms in total. The van der Waals surface area contributed by atoms with Crippen molar-refractivity contribution >= 4 is 28.0 Å². The summed E-state index contributed by atoms with van der Waals surface area (Å²) in [6.45, 7) is 4.25. The Bertz CT molecular complexity index is 619. The fourth-order valence-electron chi connectivity index (χ4n) is 2.66. The van der Waals surface area contributed by atoms with Crippen LogP contribution < -0.4 is 10.6 Å². The van der Waals surface area contributed by atoms with Crippen LogP contribution in [0.2, 0.25) is 0 Å². The summed E-state index contributed by atoms with van der Waals surface area (Å²) in [6, 6.07) is 5.18. The molecule has 1 aliphatic heterocycles. The van der Waals surface area contributed by atoms with E-state index in [4.69, 9.17) is 4.74 Å². The Morgan fingerprint density at radius 2 is 2.16 bits per heavy atom. The van der Waals surface area contributed by atoms with Crippen molar-refractivity contribution in [1.82, 2.24) is 15.5 Å². The SMILES string of the molecule is CCNC(=NCc1ccc(Br)cc1F)NC1CCN(C(=O)OC)CC1. The number of benzene rings is 1.